The summed E-state index contributed by atoms with van der Waals surface area (Å²) in [4.78, 5) is 17.3. The highest BCUT2D eigenvalue weighted by Gasteiger charge is 2.23. The third kappa shape index (κ3) is 2.54. The topological polar surface area (TPSA) is 59.2 Å². The monoisotopic (exact) mass is 237 g/mol. The van der Waals surface area contributed by atoms with Crippen LogP contribution in [0.25, 0.3) is 0 Å². The number of amides is 1. The van der Waals surface area contributed by atoms with Crippen LogP contribution in [0.15, 0.2) is 12.3 Å². The molecule has 2 rings (SSSR count). The summed E-state index contributed by atoms with van der Waals surface area (Å²) in [7, 11) is 1.71. The van der Waals surface area contributed by atoms with E-state index in [0.29, 0.717) is 12.5 Å². The Kier molecular flexibility index (Phi) is 3.26. The molecule has 5 heteroatoms. The van der Waals surface area contributed by atoms with Gasteiger partial charge >= 0.3 is 0 Å². The van der Waals surface area contributed by atoms with E-state index >= 15 is 0 Å². The van der Waals surface area contributed by atoms with Gasteiger partial charge in [-0.05, 0) is 24.8 Å². The molecule has 0 atom stereocenters. The Labute approximate surface area is 99.6 Å². The fourth-order valence-electron chi connectivity index (χ4n) is 1.97. The molecular weight excluding hydrogens is 221 g/mol. The van der Waals surface area contributed by atoms with Crippen molar-refractivity contribution in [3.63, 3.8) is 0 Å². The van der Waals surface area contributed by atoms with Crippen molar-refractivity contribution in [3.8, 4) is 0 Å². The molecule has 1 aliphatic carbocycles. The average molecular weight is 237 g/mol. The van der Waals surface area contributed by atoms with E-state index in [9.17, 15) is 9.18 Å². The summed E-state index contributed by atoms with van der Waals surface area (Å²) in [6, 6.07) is 1.14. The van der Waals surface area contributed by atoms with Gasteiger partial charge in [0, 0.05) is 13.6 Å². The number of rotatable bonds is 3. The summed E-state index contributed by atoms with van der Waals surface area (Å²) in [5.41, 5.74) is 5.73. The van der Waals surface area contributed by atoms with E-state index in [1.165, 1.54) is 6.42 Å². The number of aromatic nitrogens is 1. The van der Waals surface area contributed by atoms with Gasteiger partial charge in [0.05, 0.1) is 11.8 Å². The maximum absolute atomic E-state index is 13.0. The molecule has 1 heterocycles. The smallest absolute Gasteiger partial charge is 0.257 e. The highest BCUT2D eigenvalue weighted by molar-refractivity contribution is 5.98. The van der Waals surface area contributed by atoms with Crippen LogP contribution >= 0.6 is 0 Å². The molecule has 1 aliphatic rings. The van der Waals surface area contributed by atoms with Crippen molar-refractivity contribution < 1.29 is 9.18 Å². The lowest BCUT2D eigenvalue weighted by molar-refractivity contribution is 0.0745. The first kappa shape index (κ1) is 11.8. The number of nitrogens with zero attached hydrogens (tertiary/aromatic N) is 2. The molecule has 1 amide bonds. The molecule has 0 unspecified atom stereocenters. The van der Waals surface area contributed by atoms with Crippen molar-refractivity contribution in [2.45, 2.75) is 19.3 Å². The highest BCUT2D eigenvalue weighted by atomic mass is 19.1. The minimum Gasteiger partial charge on any atom is -0.383 e. The van der Waals surface area contributed by atoms with Crippen LogP contribution < -0.4 is 5.73 Å². The van der Waals surface area contributed by atoms with E-state index in [0.717, 1.165) is 25.1 Å². The van der Waals surface area contributed by atoms with Gasteiger partial charge in [-0.3, -0.25) is 4.79 Å². The molecule has 92 valence electrons. The molecule has 0 aromatic carbocycles. The number of halogens is 1. The first-order valence-corrected chi connectivity index (χ1v) is 5.74. The van der Waals surface area contributed by atoms with Crippen molar-refractivity contribution in [2.24, 2.45) is 5.92 Å². The Bertz CT molecular complexity index is 432. The van der Waals surface area contributed by atoms with Crippen molar-refractivity contribution in [1.82, 2.24) is 9.88 Å². The Morgan fingerprint density at radius 2 is 2.35 bits per heavy atom. The van der Waals surface area contributed by atoms with Gasteiger partial charge in [-0.15, -0.1) is 0 Å². The highest BCUT2D eigenvalue weighted by Crippen LogP contribution is 2.27. The van der Waals surface area contributed by atoms with Crippen molar-refractivity contribution in [1.29, 1.82) is 0 Å². The van der Waals surface area contributed by atoms with Gasteiger partial charge in [-0.25, -0.2) is 9.37 Å². The number of hydrogen-bond donors (Lipinski definition) is 1. The van der Waals surface area contributed by atoms with Gasteiger partial charge < -0.3 is 10.6 Å². The van der Waals surface area contributed by atoms with E-state index in [-0.39, 0.29) is 17.3 Å². The van der Waals surface area contributed by atoms with Gasteiger partial charge in [0.15, 0.2) is 0 Å². The lowest BCUT2D eigenvalue weighted by Gasteiger charge is -2.30. The molecule has 1 aromatic rings. The lowest BCUT2D eigenvalue weighted by Crippen LogP contribution is -2.34. The molecule has 0 saturated heterocycles. The fraction of sp³-hybridized carbons (Fsp3) is 0.500. The van der Waals surface area contributed by atoms with Crippen LogP contribution in [0.2, 0.25) is 0 Å². The van der Waals surface area contributed by atoms with Crippen LogP contribution in [-0.2, 0) is 0 Å². The van der Waals surface area contributed by atoms with Crippen LogP contribution in [0, 0.1) is 11.7 Å². The second kappa shape index (κ2) is 4.69. The fourth-order valence-corrected chi connectivity index (χ4v) is 1.97. The van der Waals surface area contributed by atoms with Crippen LogP contribution in [0.4, 0.5) is 10.2 Å². The number of pyridine rings is 1. The molecule has 17 heavy (non-hydrogen) atoms. The van der Waals surface area contributed by atoms with Gasteiger partial charge in [0.25, 0.3) is 5.91 Å². The minimum absolute atomic E-state index is 0.0804. The van der Waals surface area contributed by atoms with Crippen molar-refractivity contribution >= 4 is 11.7 Å². The number of carbonyl (C=O) groups is 1. The van der Waals surface area contributed by atoms with Crippen molar-refractivity contribution in [3.05, 3.63) is 23.6 Å². The summed E-state index contributed by atoms with van der Waals surface area (Å²) in [5, 5.41) is 0. The van der Waals surface area contributed by atoms with Crippen LogP contribution in [0.5, 0.6) is 0 Å². The van der Waals surface area contributed by atoms with Crippen LogP contribution in [-0.4, -0.2) is 29.4 Å². The largest absolute Gasteiger partial charge is 0.383 e. The second-order valence-electron chi connectivity index (χ2n) is 4.57. The van der Waals surface area contributed by atoms with Crippen LogP contribution in [0.3, 0.4) is 0 Å². The Hall–Kier alpha value is -1.65. The molecule has 0 spiro atoms. The van der Waals surface area contributed by atoms with E-state index < -0.39 is 5.82 Å². The molecule has 1 aromatic heterocycles. The normalized spacial score (nSPS) is 15.4. The zero-order chi connectivity index (χ0) is 12.4. The molecule has 1 saturated carbocycles. The first-order chi connectivity index (χ1) is 8.08. The zero-order valence-corrected chi connectivity index (χ0v) is 9.82. The SMILES string of the molecule is CN(CC1CCC1)C(=O)c1cc(F)cnc1N. The van der Waals surface area contributed by atoms with Crippen molar-refractivity contribution in [2.75, 3.05) is 19.3 Å². The maximum Gasteiger partial charge on any atom is 0.257 e. The maximum atomic E-state index is 13.0. The van der Waals surface area contributed by atoms with E-state index in [2.05, 4.69) is 4.98 Å². The molecule has 4 nitrogen and oxygen atoms in total. The van der Waals surface area contributed by atoms with E-state index in [1.807, 2.05) is 0 Å². The third-order valence-corrected chi connectivity index (χ3v) is 3.22. The molecule has 0 radical (unpaired) electrons. The Morgan fingerprint density at radius 1 is 1.65 bits per heavy atom. The number of nitrogen functional groups attached to an aromatic ring is 1. The first-order valence-electron chi connectivity index (χ1n) is 5.74. The van der Waals surface area contributed by atoms with E-state index in [1.54, 1.807) is 11.9 Å². The molecule has 1 fully saturated rings. The summed E-state index contributed by atoms with van der Waals surface area (Å²) in [6.07, 6.45) is 4.57. The zero-order valence-electron chi connectivity index (χ0n) is 9.82. The lowest BCUT2D eigenvalue weighted by atomic mass is 9.85. The van der Waals surface area contributed by atoms with Gasteiger partial charge in [-0.1, -0.05) is 6.42 Å². The number of anilines is 1. The molecule has 0 bridgehead atoms. The van der Waals surface area contributed by atoms with Crippen LogP contribution in [0.1, 0.15) is 29.6 Å². The summed E-state index contributed by atoms with van der Waals surface area (Å²) in [6.45, 7) is 0.703. The number of nitrogens with two attached hydrogens (primary N) is 1. The molecule has 0 aliphatic heterocycles. The second-order valence-corrected chi connectivity index (χ2v) is 4.57. The average Bonchev–Trinajstić information content (AvgIpc) is 2.25. The standard InChI is InChI=1S/C12H16FN3O/c1-16(7-8-3-2-4-8)12(17)10-5-9(13)6-15-11(10)14/h5-6,8H,2-4,7H2,1H3,(H2,14,15). The Balaban J connectivity index is 2.09. The Morgan fingerprint density at radius 3 is 2.94 bits per heavy atom. The predicted octanol–water partition coefficient (Wildman–Crippen LogP) is 1.68. The number of carbonyl (C=O) groups excluding carboxylic acids is 1. The summed E-state index contributed by atoms with van der Waals surface area (Å²) in [5.74, 6) is -0.149. The molecular formula is C12H16FN3O. The summed E-state index contributed by atoms with van der Waals surface area (Å²) < 4.78 is 13.0. The van der Waals surface area contributed by atoms with Gasteiger partial charge in [0.1, 0.15) is 11.6 Å². The minimum atomic E-state index is -0.542. The molecule has 2 N–H and O–H groups in total. The van der Waals surface area contributed by atoms with E-state index in [4.69, 9.17) is 5.73 Å². The third-order valence-electron chi connectivity index (χ3n) is 3.22. The quantitative estimate of drug-likeness (QED) is 0.870. The van der Waals surface area contributed by atoms with Gasteiger partial charge in [0.2, 0.25) is 0 Å². The summed E-state index contributed by atoms with van der Waals surface area (Å²) >= 11 is 0. The van der Waals surface area contributed by atoms with Gasteiger partial charge in [-0.2, -0.15) is 0 Å². The number of hydrogen-bond acceptors (Lipinski definition) is 3. The predicted molar refractivity (Wildman–Crippen MR) is 62.9 cm³/mol.